The normalized spacial score (nSPS) is 11.5. The number of amides is 1. The van der Waals surface area contributed by atoms with E-state index in [-0.39, 0.29) is 11.4 Å². The first-order chi connectivity index (χ1) is 15.6. The summed E-state index contributed by atoms with van der Waals surface area (Å²) in [6.07, 6.45) is 3.89. The second-order valence-electron chi connectivity index (χ2n) is 7.44. The van der Waals surface area contributed by atoms with E-state index in [2.05, 4.69) is 25.1 Å². The Morgan fingerprint density at radius 3 is 2.75 bits per heavy atom. The van der Waals surface area contributed by atoms with Crippen molar-refractivity contribution < 1.29 is 4.79 Å². The predicted molar refractivity (Wildman–Crippen MR) is 122 cm³/mol. The van der Waals surface area contributed by atoms with Crippen LogP contribution in [0.3, 0.4) is 0 Å². The Labute approximate surface area is 180 Å². The molecule has 0 saturated heterocycles. The molecule has 154 valence electrons. The molecular weight excluding hydrogens is 404 g/mol. The highest BCUT2D eigenvalue weighted by molar-refractivity contribution is 6.07. The van der Waals surface area contributed by atoms with Crippen LogP contribution in [0, 0.1) is 0 Å². The number of nitrogen functional groups attached to an aromatic ring is 1. The minimum Gasteiger partial charge on any atom is -0.396 e. The van der Waals surface area contributed by atoms with E-state index in [1.54, 1.807) is 6.07 Å². The van der Waals surface area contributed by atoms with Gasteiger partial charge in [-0.1, -0.05) is 30.3 Å². The van der Waals surface area contributed by atoms with E-state index >= 15 is 0 Å². The molecule has 0 fully saturated rings. The van der Waals surface area contributed by atoms with Gasteiger partial charge >= 0.3 is 0 Å². The molecule has 0 aliphatic carbocycles. The number of rotatable bonds is 3. The molecule has 0 saturated carbocycles. The van der Waals surface area contributed by atoms with Gasteiger partial charge in [0.1, 0.15) is 16.9 Å². The number of nitrogens with zero attached hydrogens (tertiary/aromatic N) is 5. The minimum absolute atomic E-state index is 0.0317. The van der Waals surface area contributed by atoms with Gasteiger partial charge in [-0.15, -0.1) is 10.2 Å². The molecule has 6 rings (SSSR count). The SMILES string of the molecule is NC(=O)c1nnc2c(-c3ccc4nc(-c5cn6ccccc6n5)[nH]c4c3)cccc2c1N. The number of fused-ring (bicyclic) bond motifs is 3. The van der Waals surface area contributed by atoms with Crippen molar-refractivity contribution in [3.05, 3.63) is 72.7 Å². The highest BCUT2D eigenvalue weighted by atomic mass is 16.1. The lowest BCUT2D eigenvalue weighted by molar-refractivity contribution is 0.0996. The molecule has 5 N–H and O–H groups in total. The van der Waals surface area contributed by atoms with Crippen molar-refractivity contribution in [2.45, 2.75) is 0 Å². The number of nitrogens with one attached hydrogen (secondary N) is 1. The first kappa shape index (κ1) is 18.0. The average molecular weight is 420 g/mol. The Kier molecular flexibility index (Phi) is 3.72. The molecular formula is C23H16N8O. The second kappa shape index (κ2) is 6.61. The molecule has 0 aliphatic rings. The van der Waals surface area contributed by atoms with Crippen LogP contribution in [0.1, 0.15) is 10.5 Å². The smallest absolute Gasteiger partial charge is 0.271 e. The topological polar surface area (TPSA) is 141 Å². The van der Waals surface area contributed by atoms with Crippen molar-refractivity contribution in [1.29, 1.82) is 0 Å². The van der Waals surface area contributed by atoms with E-state index in [0.717, 1.165) is 33.5 Å². The van der Waals surface area contributed by atoms with Gasteiger partial charge in [-0.2, -0.15) is 0 Å². The summed E-state index contributed by atoms with van der Waals surface area (Å²) in [7, 11) is 0. The van der Waals surface area contributed by atoms with E-state index < -0.39 is 5.91 Å². The molecule has 0 unspecified atom stereocenters. The van der Waals surface area contributed by atoms with Gasteiger partial charge in [0.15, 0.2) is 11.5 Å². The molecule has 9 heteroatoms. The van der Waals surface area contributed by atoms with Crippen LogP contribution in [-0.2, 0) is 0 Å². The lowest BCUT2D eigenvalue weighted by Gasteiger charge is -2.09. The van der Waals surface area contributed by atoms with Crippen molar-refractivity contribution >= 4 is 39.2 Å². The Balaban J connectivity index is 1.48. The van der Waals surface area contributed by atoms with Gasteiger partial charge in [0.2, 0.25) is 0 Å². The lowest BCUT2D eigenvalue weighted by atomic mass is 10.0. The zero-order valence-electron chi connectivity index (χ0n) is 16.6. The molecule has 32 heavy (non-hydrogen) atoms. The molecule has 0 atom stereocenters. The van der Waals surface area contributed by atoms with Crippen LogP contribution in [0.4, 0.5) is 5.69 Å². The first-order valence-corrected chi connectivity index (χ1v) is 9.87. The summed E-state index contributed by atoms with van der Waals surface area (Å²) in [6.45, 7) is 0. The molecule has 6 aromatic rings. The number of H-pyrrole nitrogens is 1. The molecule has 0 aliphatic heterocycles. The average Bonchev–Trinajstić information content (AvgIpc) is 3.42. The van der Waals surface area contributed by atoms with Crippen LogP contribution < -0.4 is 11.5 Å². The summed E-state index contributed by atoms with van der Waals surface area (Å²) in [5.41, 5.74) is 17.3. The van der Waals surface area contributed by atoms with Crippen LogP contribution in [0.25, 0.3) is 50.2 Å². The zero-order chi connectivity index (χ0) is 21.8. The fraction of sp³-hybridized carbons (Fsp3) is 0. The Bertz CT molecular complexity index is 1650. The zero-order valence-corrected chi connectivity index (χ0v) is 16.6. The van der Waals surface area contributed by atoms with Crippen molar-refractivity contribution in [3.63, 3.8) is 0 Å². The van der Waals surface area contributed by atoms with Crippen molar-refractivity contribution in [3.8, 4) is 22.6 Å². The maximum Gasteiger partial charge on any atom is 0.271 e. The van der Waals surface area contributed by atoms with Gasteiger partial charge in [0.25, 0.3) is 5.91 Å². The largest absolute Gasteiger partial charge is 0.396 e. The van der Waals surface area contributed by atoms with E-state index in [0.29, 0.717) is 16.7 Å². The predicted octanol–water partition coefficient (Wildman–Crippen LogP) is 3.17. The molecule has 2 aromatic carbocycles. The number of aromatic amines is 1. The van der Waals surface area contributed by atoms with Crippen LogP contribution in [-0.4, -0.2) is 35.5 Å². The fourth-order valence-corrected chi connectivity index (χ4v) is 3.91. The number of pyridine rings is 1. The minimum atomic E-state index is -0.708. The van der Waals surface area contributed by atoms with Crippen molar-refractivity contribution in [2.24, 2.45) is 5.73 Å². The fourth-order valence-electron chi connectivity index (χ4n) is 3.91. The summed E-state index contributed by atoms with van der Waals surface area (Å²) in [5.74, 6) is -0.0189. The number of aromatic nitrogens is 6. The summed E-state index contributed by atoms with van der Waals surface area (Å²) < 4.78 is 1.95. The summed E-state index contributed by atoms with van der Waals surface area (Å²) >= 11 is 0. The first-order valence-electron chi connectivity index (χ1n) is 9.87. The number of carbonyl (C=O) groups is 1. The number of benzene rings is 2. The highest BCUT2D eigenvalue weighted by Gasteiger charge is 2.16. The Morgan fingerprint density at radius 1 is 1.00 bits per heavy atom. The monoisotopic (exact) mass is 420 g/mol. The summed E-state index contributed by atoms with van der Waals surface area (Å²) in [6, 6.07) is 17.3. The molecule has 0 radical (unpaired) electrons. The van der Waals surface area contributed by atoms with Crippen LogP contribution in [0.2, 0.25) is 0 Å². The van der Waals surface area contributed by atoms with Gasteiger partial charge in [-0.05, 0) is 29.8 Å². The van der Waals surface area contributed by atoms with Gasteiger partial charge in [-0.25, -0.2) is 9.97 Å². The number of nitrogens with two attached hydrogens (primary N) is 2. The van der Waals surface area contributed by atoms with E-state index in [9.17, 15) is 4.79 Å². The quantitative estimate of drug-likeness (QED) is 0.402. The summed E-state index contributed by atoms with van der Waals surface area (Å²) in [4.78, 5) is 24.2. The lowest BCUT2D eigenvalue weighted by Crippen LogP contribution is -2.16. The molecule has 9 nitrogen and oxygen atoms in total. The van der Waals surface area contributed by atoms with Gasteiger partial charge in [0.05, 0.1) is 16.7 Å². The van der Waals surface area contributed by atoms with E-state index in [4.69, 9.17) is 11.5 Å². The molecule has 0 bridgehead atoms. The van der Waals surface area contributed by atoms with Crippen LogP contribution in [0.15, 0.2) is 67.0 Å². The van der Waals surface area contributed by atoms with Crippen molar-refractivity contribution in [1.82, 2.24) is 29.5 Å². The summed E-state index contributed by atoms with van der Waals surface area (Å²) in [5, 5.41) is 8.79. The van der Waals surface area contributed by atoms with Crippen LogP contribution in [0.5, 0.6) is 0 Å². The maximum atomic E-state index is 11.6. The number of primary amides is 1. The molecule has 1 amide bonds. The third kappa shape index (κ3) is 2.68. The van der Waals surface area contributed by atoms with E-state index in [1.165, 1.54) is 0 Å². The number of carbonyl (C=O) groups excluding carboxylic acids is 1. The number of hydrogen-bond donors (Lipinski definition) is 3. The Hall–Kier alpha value is -4.79. The Morgan fingerprint density at radius 2 is 1.91 bits per heavy atom. The van der Waals surface area contributed by atoms with Crippen molar-refractivity contribution in [2.75, 3.05) is 5.73 Å². The second-order valence-corrected chi connectivity index (χ2v) is 7.44. The van der Waals surface area contributed by atoms with E-state index in [1.807, 2.05) is 65.3 Å². The molecule has 0 spiro atoms. The molecule has 4 heterocycles. The maximum absolute atomic E-state index is 11.6. The van der Waals surface area contributed by atoms with Crippen LogP contribution >= 0.6 is 0 Å². The third-order valence-electron chi connectivity index (χ3n) is 5.46. The van der Waals surface area contributed by atoms with Gasteiger partial charge in [0, 0.05) is 23.3 Å². The third-order valence-corrected chi connectivity index (χ3v) is 5.46. The standard InChI is InChI=1S/C23H16N8O/c24-19-14-5-3-4-13(20(14)29-30-21(19)22(25)32)12-7-8-15-16(10-12)28-23(27-15)17-11-31-9-2-1-6-18(31)26-17/h1-11H,(H2,24,29)(H2,25,32)(H,27,28). The number of anilines is 1. The number of imidazole rings is 2. The highest BCUT2D eigenvalue weighted by Crippen LogP contribution is 2.32. The molecule has 4 aromatic heterocycles. The van der Waals surface area contributed by atoms with Gasteiger partial charge in [-0.3, -0.25) is 4.79 Å². The number of hydrogen-bond acceptors (Lipinski definition) is 6. The van der Waals surface area contributed by atoms with Gasteiger partial charge < -0.3 is 20.9 Å².